The summed E-state index contributed by atoms with van der Waals surface area (Å²) in [6.45, 7) is 0.108. The van der Waals surface area contributed by atoms with E-state index in [2.05, 4.69) is 10.2 Å². The lowest BCUT2D eigenvalue weighted by Gasteiger charge is -2.27. The van der Waals surface area contributed by atoms with Crippen molar-refractivity contribution in [1.29, 1.82) is 0 Å². The summed E-state index contributed by atoms with van der Waals surface area (Å²) < 4.78 is 5.38. The fourth-order valence-corrected chi connectivity index (χ4v) is 4.40. The van der Waals surface area contributed by atoms with Gasteiger partial charge in [-0.15, -0.1) is 0 Å². The van der Waals surface area contributed by atoms with Crippen LogP contribution in [0.1, 0.15) is 33.2 Å². The number of ether oxygens (including phenoxy) is 1. The van der Waals surface area contributed by atoms with Crippen LogP contribution in [0.2, 0.25) is 5.02 Å². The van der Waals surface area contributed by atoms with Gasteiger partial charge in [-0.05, 0) is 47.5 Å². The standard InChI is InChI=1S/C26H21ClN4O4/c27-17-9-5-15(6-10-17)13-31-25(16-7-11-18(12-8-16)35-14-21(28)33)22-23(29-30-24(22)26(31)34)19-3-1-2-4-20(19)32/h1-12,25,32H,13-14H2,(H2,28,33)(H,29,30). The number of rotatable bonds is 7. The van der Waals surface area contributed by atoms with Gasteiger partial charge in [-0.3, -0.25) is 14.7 Å². The minimum absolute atomic E-state index is 0.0688. The van der Waals surface area contributed by atoms with E-state index < -0.39 is 11.9 Å². The number of aromatic nitrogens is 2. The van der Waals surface area contributed by atoms with E-state index in [-0.39, 0.29) is 18.3 Å². The summed E-state index contributed by atoms with van der Waals surface area (Å²) >= 11 is 6.04. The summed E-state index contributed by atoms with van der Waals surface area (Å²) in [6, 6.07) is 20.8. The van der Waals surface area contributed by atoms with E-state index in [1.807, 2.05) is 24.3 Å². The number of nitrogens with one attached hydrogen (secondary N) is 1. The van der Waals surface area contributed by atoms with E-state index in [0.29, 0.717) is 39.8 Å². The minimum Gasteiger partial charge on any atom is -0.507 e. The number of phenolic OH excluding ortho intramolecular Hbond substituents is 1. The van der Waals surface area contributed by atoms with Gasteiger partial charge in [-0.1, -0.05) is 48.0 Å². The molecule has 4 aromatic rings. The lowest BCUT2D eigenvalue weighted by atomic mass is 9.95. The summed E-state index contributed by atoms with van der Waals surface area (Å²) in [5, 5.41) is 18.4. The molecule has 8 nitrogen and oxygen atoms in total. The van der Waals surface area contributed by atoms with E-state index in [1.54, 1.807) is 53.4 Å². The number of H-pyrrole nitrogens is 1. The zero-order valence-corrected chi connectivity index (χ0v) is 19.2. The molecular formula is C26H21ClN4O4. The average molecular weight is 489 g/mol. The molecule has 0 aliphatic carbocycles. The molecule has 2 amide bonds. The number of hydrogen-bond acceptors (Lipinski definition) is 5. The topological polar surface area (TPSA) is 122 Å². The SMILES string of the molecule is NC(=O)COc1ccc(C2c3c(-c4ccccc4O)n[nH]c3C(=O)N2Cc2ccc(Cl)cc2)cc1. The molecule has 1 aliphatic rings. The first kappa shape index (κ1) is 22.5. The van der Waals surface area contributed by atoms with Crippen LogP contribution in [-0.4, -0.2) is 38.6 Å². The molecular weight excluding hydrogens is 468 g/mol. The maximum Gasteiger partial charge on any atom is 0.273 e. The molecule has 0 saturated carbocycles. The molecule has 0 radical (unpaired) electrons. The van der Waals surface area contributed by atoms with Crippen LogP contribution < -0.4 is 10.5 Å². The monoisotopic (exact) mass is 488 g/mol. The van der Waals surface area contributed by atoms with Gasteiger partial charge in [0, 0.05) is 22.7 Å². The maximum atomic E-state index is 13.5. The minimum atomic E-state index is -0.569. The molecule has 9 heteroatoms. The number of nitrogens with two attached hydrogens (primary N) is 1. The van der Waals surface area contributed by atoms with Crippen LogP contribution in [0.25, 0.3) is 11.3 Å². The fourth-order valence-electron chi connectivity index (χ4n) is 4.27. The Bertz CT molecular complexity index is 1400. The molecule has 0 fully saturated rings. The van der Waals surface area contributed by atoms with Gasteiger partial charge in [-0.2, -0.15) is 5.10 Å². The third-order valence-corrected chi connectivity index (χ3v) is 6.12. The molecule has 0 saturated heterocycles. The Hall–Kier alpha value is -4.30. The number of nitrogens with zero attached hydrogens (tertiary/aromatic N) is 2. The highest BCUT2D eigenvalue weighted by Crippen LogP contribution is 2.45. The highest BCUT2D eigenvalue weighted by Gasteiger charge is 2.42. The van der Waals surface area contributed by atoms with Crippen molar-refractivity contribution in [3.8, 4) is 22.8 Å². The molecule has 0 spiro atoms. The molecule has 4 N–H and O–H groups in total. The Labute approximate surface area is 205 Å². The largest absolute Gasteiger partial charge is 0.507 e. The number of aromatic amines is 1. The summed E-state index contributed by atoms with van der Waals surface area (Å²) in [5.74, 6) is -0.225. The molecule has 1 unspecified atom stereocenters. The Balaban J connectivity index is 1.58. The van der Waals surface area contributed by atoms with Crippen molar-refractivity contribution < 1.29 is 19.4 Å². The number of halogens is 1. The predicted octanol–water partition coefficient (Wildman–Crippen LogP) is 4.05. The Morgan fingerprint density at radius 3 is 2.49 bits per heavy atom. The van der Waals surface area contributed by atoms with Gasteiger partial charge in [0.25, 0.3) is 11.8 Å². The second kappa shape index (κ2) is 9.15. The summed E-state index contributed by atoms with van der Waals surface area (Å²) in [7, 11) is 0. The smallest absolute Gasteiger partial charge is 0.273 e. The van der Waals surface area contributed by atoms with Gasteiger partial charge in [0.2, 0.25) is 0 Å². The van der Waals surface area contributed by atoms with Crippen molar-refractivity contribution in [2.45, 2.75) is 12.6 Å². The number of aromatic hydroxyl groups is 1. The van der Waals surface area contributed by atoms with Crippen LogP contribution in [0.3, 0.4) is 0 Å². The van der Waals surface area contributed by atoms with Gasteiger partial charge in [0.1, 0.15) is 22.9 Å². The molecule has 5 rings (SSSR count). The first-order valence-corrected chi connectivity index (χ1v) is 11.2. The summed E-state index contributed by atoms with van der Waals surface area (Å²) in [4.78, 5) is 26.3. The zero-order valence-electron chi connectivity index (χ0n) is 18.4. The van der Waals surface area contributed by atoms with E-state index in [4.69, 9.17) is 22.1 Å². The first-order valence-electron chi connectivity index (χ1n) is 10.9. The van der Waals surface area contributed by atoms with Crippen molar-refractivity contribution >= 4 is 23.4 Å². The van der Waals surface area contributed by atoms with E-state index in [1.165, 1.54) is 0 Å². The third kappa shape index (κ3) is 4.31. The second-order valence-electron chi connectivity index (χ2n) is 8.16. The number of para-hydroxylation sites is 1. The molecule has 35 heavy (non-hydrogen) atoms. The second-order valence-corrected chi connectivity index (χ2v) is 8.60. The van der Waals surface area contributed by atoms with Crippen LogP contribution in [-0.2, 0) is 11.3 Å². The van der Waals surface area contributed by atoms with Crippen LogP contribution >= 0.6 is 11.6 Å². The zero-order chi connectivity index (χ0) is 24.5. The molecule has 1 atom stereocenters. The third-order valence-electron chi connectivity index (χ3n) is 5.87. The van der Waals surface area contributed by atoms with E-state index in [9.17, 15) is 14.7 Å². The number of fused-ring (bicyclic) bond motifs is 1. The van der Waals surface area contributed by atoms with Crippen LogP contribution in [0.5, 0.6) is 11.5 Å². The van der Waals surface area contributed by atoms with Gasteiger partial charge in [0.15, 0.2) is 6.61 Å². The number of phenols is 1. The number of hydrogen-bond donors (Lipinski definition) is 3. The number of carbonyl (C=O) groups is 2. The normalized spacial score (nSPS) is 14.7. The molecule has 3 aromatic carbocycles. The van der Waals surface area contributed by atoms with Gasteiger partial charge in [-0.25, -0.2) is 0 Å². The first-order chi connectivity index (χ1) is 16.9. The highest BCUT2D eigenvalue weighted by molar-refractivity contribution is 6.30. The Morgan fingerprint density at radius 2 is 1.80 bits per heavy atom. The van der Waals surface area contributed by atoms with Crippen LogP contribution in [0.4, 0.5) is 0 Å². The number of amides is 2. The maximum absolute atomic E-state index is 13.5. The molecule has 1 aromatic heterocycles. The van der Waals surface area contributed by atoms with Gasteiger partial charge < -0.3 is 20.5 Å². The van der Waals surface area contributed by atoms with E-state index >= 15 is 0 Å². The highest BCUT2D eigenvalue weighted by atomic mass is 35.5. The van der Waals surface area contributed by atoms with Crippen molar-refractivity contribution in [3.63, 3.8) is 0 Å². The quantitative estimate of drug-likeness (QED) is 0.362. The average Bonchev–Trinajstić information content (AvgIpc) is 3.39. The lowest BCUT2D eigenvalue weighted by Crippen LogP contribution is -2.29. The summed E-state index contributed by atoms with van der Waals surface area (Å²) in [5.41, 5.74) is 8.97. The van der Waals surface area contributed by atoms with Crippen molar-refractivity contribution in [3.05, 3.63) is 100 Å². The number of primary amides is 1. The van der Waals surface area contributed by atoms with E-state index in [0.717, 1.165) is 11.1 Å². The Kier molecular flexibility index (Phi) is 5.88. The summed E-state index contributed by atoms with van der Waals surface area (Å²) in [6.07, 6.45) is 0. The lowest BCUT2D eigenvalue weighted by molar-refractivity contribution is -0.119. The van der Waals surface area contributed by atoms with Crippen molar-refractivity contribution in [2.24, 2.45) is 5.73 Å². The van der Waals surface area contributed by atoms with Crippen molar-refractivity contribution in [2.75, 3.05) is 6.61 Å². The molecule has 1 aliphatic heterocycles. The molecule has 2 heterocycles. The van der Waals surface area contributed by atoms with Crippen molar-refractivity contribution in [1.82, 2.24) is 15.1 Å². The number of carbonyl (C=O) groups excluding carboxylic acids is 2. The fraction of sp³-hybridized carbons (Fsp3) is 0.115. The molecule has 176 valence electrons. The molecule has 0 bridgehead atoms. The number of benzene rings is 3. The predicted molar refractivity (Wildman–Crippen MR) is 130 cm³/mol. The van der Waals surface area contributed by atoms with Gasteiger partial charge in [0.05, 0.1) is 6.04 Å². The van der Waals surface area contributed by atoms with Gasteiger partial charge >= 0.3 is 0 Å². The van der Waals surface area contributed by atoms with Crippen LogP contribution in [0, 0.1) is 0 Å². The Morgan fingerprint density at radius 1 is 1.09 bits per heavy atom. The van der Waals surface area contributed by atoms with Crippen LogP contribution in [0.15, 0.2) is 72.8 Å².